The molecule has 160 valence electrons. The average Bonchev–Trinajstić information content (AvgIpc) is 3.39. The molecule has 7 nitrogen and oxygen atoms in total. The Morgan fingerprint density at radius 2 is 1.97 bits per heavy atom. The largest absolute Gasteiger partial charge is 0.444 e. The molecule has 1 aliphatic heterocycles. The summed E-state index contributed by atoms with van der Waals surface area (Å²) >= 11 is 3.53. The molecule has 1 fully saturated rings. The van der Waals surface area contributed by atoms with E-state index in [0.29, 0.717) is 25.2 Å². The smallest absolute Gasteiger partial charge is 0.410 e. The summed E-state index contributed by atoms with van der Waals surface area (Å²) in [4.78, 5) is 29.4. The first-order valence-electron chi connectivity index (χ1n) is 10.2. The Morgan fingerprint density at radius 1 is 1.23 bits per heavy atom. The van der Waals surface area contributed by atoms with Gasteiger partial charge in [0.2, 0.25) is 0 Å². The van der Waals surface area contributed by atoms with E-state index in [2.05, 4.69) is 33.2 Å². The molecule has 2 aliphatic rings. The molecule has 0 atom stereocenters. The molecule has 0 radical (unpaired) electrons. The van der Waals surface area contributed by atoms with Crippen molar-refractivity contribution in [3.63, 3.8) is 0 Å². The van der Waals surface area contributed by atoms with Crippen LogP contribution in [0.1, 0.15) is 55.2 Å². The lowest BCUT2D eigenvalue weighted by Gasteiger charge is -2.32. The Labute approximate surface area is 185 Å². The standard InChI is InChI=1S/C22H27BrN4O3/c1-21(2,3)30-20(29)26-10-11-27-18(14-26)17(13-24-27)19(28)25(4)22(8-9-22)15-6-5-7-16(23)12-15/h5-7,12-13H,8-11,14H2,1-4H3. The minimum Gasteiger partial charge on any atom is -0.444 e. The van der Waals surface area contributed by atoms with E-state index in [4.69, 9.17) is 4.74 Å². The number of hydrogen-bond donors (Lipinski definition) is 0. The summed E-state index contributed by atoms with van der Waals surface area (Å²) in [6.07, 6.45) is 3.12. The molecule has 4 rings (SSSR count). The molecular formula is C22H27BrN4O3. The van der Waals surface area contributed by atoms with E-state index in [9.17, 15) is 9.59 Å². The number of aromatic nitrogens is 2. The number of benzene rings is 1. The Hall–Kier alpha value is -2.35. The molecule has 1 aromatic heterocycles. The Kier molecular flexibility index (Phi) is 5.16. The summed E-state index contributed by atoms with van der Waals surface area (Å²) in [6.45, 7) is 6.91. The summed E-state index contributed by atoms with van der Waals surface area (Å²) in [6, 6.07) is 8.13. The summed E-state index contributed by atoms with van der Waals surface area (Å²) in [5, 5.41) is 4.40. The van der Waals surface area contributed by atoms with Gasteiger partial charge in [-0.2, -0.15) is 5.10 Å². The fourth-order valence-corrected chi connectivity index (χ4v) is 4.39. The molecule has 2 amide bonds. The van der Waals surface area contributed by atoms with Crippen LogP contribution in [0.2, 0.25) is 0 Å². The summed E-state index contributed by atoms with van der Waals surface area (Å²) in [5.41, 5.74) is 1.59. The Bertz CT molecular complexity index is 991. The van der Waals surface area contributed by atoms with Crippen LogP contribution in [0.5, 0.6) is 0 Å². The molecule has 30 heavy (non-hydrogen) atoms. The van der Waals surface area contributed by atoms with Gasteiger partial charge in [-0.05, 0) is 51.3 Å². The second-order valence-corrected chi connectivity index (χ2v) is 9.95. The van der Waals surface area contributed by atoms with E-state index >= 15 is 0 Å². The summed E-state index contributed by atoms with van der Waals surface area (Å²) in [5.74, 6) is -0.0697. The molecule has 2 heterocycles. The van der Waals surface area contributed by atoms with Gasteiger partial charge in [0, 0.05) is 18.1 Å². The van der Waals surface area contributed by atoms with Crippen LogP contribution >= 0.6 is 15.9 Å². The predicted octanol–water partition coefficient (Wildman–Crippen LogP) is 4.16. The van der Waals surface area contributed by atoms with Crippen molar-refractivity contribution in [3.8, 4) is 0 Å². The Balaban J connectivity index is 1.56. The van der Waals surface area contributed by atoms with Crippen LogP contribution in [0.15, 0.2) is 34.9 Å². The van der Waals surface area contributed by atoms with Crippen molar-refractivity contribution in [2.24, 2.45) is 0 Å². The van der Waals surface area contributed by atoms with Gasteiger partial charge in [0.25, 0.3) is 5.91 Å². The molecule has 0 saturated heterocycles. The van der Waals surface area contributed by atoms with E-state index in [1.165, 1.54) is 0 Å². The first kappa shape index (κ1) is 20.9. The lowest BCUT2D eigenvalue weighted by molar-refractivity contribution is 0.0192. The van der Waals surface area contributed by atoms with Gasteiger partial charge in [0.15, 0.2) is 0 Å². The van der Waals surface area contributed by atoms with Gasteiger partial charge in [0.05, 0.1) is 36.1 Å². The molecule has 1 aliphatic carbocycles. The maximum Gasteiger partial charge on any atom is 0.410 e. The zero-order valence-electron chi connectivity index (χ0n) is 17.8. The van der Waals surface area contributed by atoms with Crippen LogP contribution < -0.4 is 0 Å². The van der Waals surface area contributed by atoms with Crippen molar-refractivity contribution in [1.82, 2.24) is 19.6 Å². The van der Waals surface area contributed by atoms with Gasteiger partial charge in [-0.25, -0.2) is 4.79 Å². The summed E-state index contributed by atoms with van der Waals surface area (Å²) in [7, 11) is 1.86. The third kappa shape index (κ3) is 3.85. The van der Waals surface area contributed by atoms with Crippen molar-refractivity contribution in [2.45, 2.75) is 57.8 Å². The van der Waals surface area contributed by atoms with Crippen molar-refractivity contribution in [3.05, 3.63) is 51.8 Å². The maximum atomic E-state index is 13.5. The molecule has 0 spiro atoms. The van der Waals surface area contributed by atoms with Gasteiger partial charge in [-0.3, -0.25) is 9.48 Å². The Morgan fingerprint density at radius 3 is 2.60 bits per heavy atom. The molecule has 1 saturated carbocycles. The third-order valence-corrected chi connectivity index (χ3v) is 6.28. The quantitative estimate of drug-likeness (QED) is 0.669. The van der Waals surface area contributed by atoms with Crippen molar-refractivity contribution >= 4 is 27.9 Å². The van der Waals surface area contributed by atoms with Gasteiger partial charge in [0.1, 0.15) is 5.60 Å². The number of carbonyl (C=O) groups excluding carboxylic acids is 2. The number of nitrogens with zero attached hydrogens (tertiary/aromatic N) is 4. The highest BCUT2D eigenvalue weighted by Gasteiger charge is 2.50. The van der Waals surface area contributed by atoms with Gasteiger partial charge in [-0.15, -0.1) is 0 Å². The minimum atomic E-state index is -0.560. The van der Waals surface area contributed by atoms with E-state index < -0.39 is 5.60 Å². The molecule has 1 aromatic carbocycles. The lowest BCUT2D eigenvalue weighted by Crippen LogP contribution is -2.43. The van der Waals surface area contributed by atoms with Crippen LogP contribution in [0.3, 0.4) is 0 Å². The number of halogens is 1. The van der Waals surface area contributed by atoms with E-state index in [-0.39, 0.29) is 17.5 Å². The lowest BCUT2D eigenvalue weighted by atomic mass is 10.0. The highest BCUT2D eigenvalue weighted by molar-refractivity contribution is 9.10. The van der Waals surface area contributed by atoms with Gasteiger partial charge in [-0.1, -0.05) is 28.1 Å². The van der Waals surface area contributed by atoms with E-state index in [1.54, 1.807) is 11.1 Å². The minimum absolute atomic E-state index is 0.0697. The molecule has 0 unspecified atom stereocenters. The normalized spacial score (nSPS) is 17.3. The first-order chi connectivity index (χ1) is 14.1. The molecular weight excluding hydrogens is 448 g/mol. The monoisotopic (exact) mass is 474 g/mol. The second-order valence-electron chi connectivity index (χ2n) is 9.04. The highest BCUT2D eigenvalue weighted by atomic mass is 79.9. The SMILES string of the molecule is CN(C(=O)c1cnn2c1CN(C(=O)OC(C)(C)C)CC2)C1(c2cccc(Br)c2)CC1. The van der Waals surface area contributed by atoms with Crippen LogP contribution in [0.4, 0.5) is 4.79 Å². The van der Waals surface area contributed by atoms with E-state index in [1.807, 2.05) is 49.5 Å². The maximum absolute atomic E-state index is 13.5. The molecule has 8 heteroatoms. The van der Waals surface area contributed by atoms with Crippen LogP contribution in [0, 0.1) is 0 Å². The fourth-order valence-electron chi connectivity index (χ4n) is 4.00. The van der Waals surface area contributed by atoms with Gasteiger partial charge < -0.3 is 14.5 Å². The molecule has 0 N–H and O–H groups in total. The van der Waals surface area contributed by atoms with Crippen LogP contribution in [0.25, 0.3) is 0 Å². The van der Waals surface area contributed by atoms with Crippen molar-refractivity contribution in [1.29, 1.82) is 0 Å². The number of rotatable bonds is 3. The van der Waals surface area contributed by atoms with Crippen LogP contribution in [-0.2, 0) is 23.4 Å². The van der Waals surface area contributed by atoms with Gasteiger partial charge >= 0.3 is 6.09 Å². The topological polar surface area (TPSA) is 67.7 Å². The number of hydrogen-bond acceptors (Lipinski definition) is 4. The van der Waals surface area contributed by atoms with Crippen molar-refractivity contribution in [2.75, 3.05) is 13.6 Å². The van der Waals surface area contributed by atoms with Crippen molar-refractivity contribution < 1.29 is 14.3 Å². The average molecular weight is 475 g/mol. The molecule has 2 aromatic rings. The van der Waals surface area contributed by atoms with Crippen LogP contribution in [-0.4, -0.2) is 50.8 Å². The zero-order valence-corrected chi connectivity index (χ0v) is 19.4. The zero-order chi connectivity index (χ0) is 21.7. The second kappa shape index (κ2) is 7.41. The fraction of sp³-hybridized carbons (Fsp3) is 0.500. The first-order valence-corrected chi connectivity index (χ1v) is 11.0. The van der Waals surface area contributed by atoms with E-state index in [0.717, 1.165) is 28.6 Å². The predicted molar refractivity (Wildman–Crippen MR) is 116 cm³/mol. The number of carbonyl (C=O) groups is 2. The number of ether oxygens (including phenoxy) is 1. The number of fused-ring (bicyclic) bond motifs is 1. The highest BCUT2D eigenvalue weighted by Crippen LogP contribution is 2.51. The number of amides is 2. The third-order valence-electron chi connectivity index (χ3n) is 5.79. The molecule has 0 bridgehead atoms. The summed E-state index contributed by atoms with van der Waals surface area (Å²) < 4.78 is 8.33.